The lowest BCUT2D eigenvalue weighted by Crippen LogP contribution is -2.49. The number of benzene rings is 2. The van der Waals surface area contributed by atoms with E-state index < -0.39 is 4.92 Å². The summed E-state index contributed by atoms with van der Waals surface area (Å²) in [7, 11) is 0. The molecule has 34 heavy (non-hydrogen) atoms. The predicted octanol–water partition coefficient (Wildman–Crippen LogP) is 2.80. The van der Waals surface area contributed by atoms with Gasteiger partial charge in [0.25, 0.3) is 5.69 Å². The summed E-state index contributed by atoms with van der Waals surface area (Å²) in [6, 6.07) is 13.6. The second kappa shape index (κ2) is 9.02. The van der Waals surface area contributed by atoms with Gasteiger partial charge in [-0.25, -0.2) is 0 Å². The van der Waals surface area contributed by atoms with E-state index in [0.29, 0.717) is 36.8 Å². The van der Waals surface area contributed by atoms with Gasteiger partial charge in [-0.05, 0) is 29.5 Å². The smallest absolute Gasteiger partial charge is 0.270 e. The van der Waals surface area contributed by atoms with Gasteiger partial charge in [0.15, 0.2) is 0 Å². The average Bonchev–Trinajstić information content (AvgIpc) is 3.32. The molecule has 1 aliphatic rings. The number of nitro benzene ring substituents is 1. The van der Waals surface area contributed by atoms with Gasteiger partial charge in [-0.15, -0.1) is 10.2 Å². The van der Waals surface area contributed by atoms with Crippen molar-refractivity contribution in [3.8, 4) is 11.4 Å². The molecule has 1 saturated heterocycles. The molecular formula is C22H19ClN8O3. The predicted molar refractivity (Wildman–Crippen MR) is 125 cm³/mol. The number of pyridine rings is 1. The lowest BCUT2D eigenvalue weighted by Gasteiger charge is -2.36. The maximum Gasteiger partial charge on any atom is 0.270 e. The van der Waals surface area contributed by atoms with Crippen LogP contribution >= 0.6 is 11.6 Å². The van der Waals surface area contributed by atoms with Crippen molar-refractivity contribution in [1.82, 2.24) is 30.1 Å². The van der Waals surface area contributed by atoms with Crippen molar-refractivity contribution >= 4 is 39.8 Å². The van der Waals surface area contributed by atoms with Crippen molar-refractivity contribution in [1.29, 1.82) is 0 Å². The monoisotopic (exact) mass is 478 g/mol. The number of hydrogen-bond acceptors (Lipinski definition) is 8. The fraction of sp³-hybridized carbons (Fsp3) is 0.227. The molecular weight excluding hydrogens is 460 g/mol. The standard InChI is InChI=1S/C22H19ClN8O3/c23-16-4-5-18-19(13-16)24-7-6-20(18)28-8-10-29(11-9-28)21(32)14-30-26-22(25-27-30)15-2-1-3-17(12-15)31(33)34/h1-7,12-13H,8-11,14H2. The van der Waals surface area contributed by atoms with Gasteiger partial charge in [0.05, 0.1) is 10.4 Å². The number of carbonyl (C=O) groups excluding carboxylic acids is 1. The van der Waals surface area contributed by atoms with Gasteiger partial charge in [0.1, 0.15) is 6.54 Å². The molecule has 0 aliphatic carbocycles. The summed E-state index contributed by atoms with van der Waals surface area (Å²) in [6.07, 6.45) is 1.76. The zero-order valence-corrected chi connectivity index (χ0v) is 18.7. The quantitative estimate of drug-likeness (QED) is 0.317. The van der Waals surface area contributed by atoms with E-state index in [0.717, 1.165) is 16.6 Å². The number of nitrogens with zero attached hydrogens (tertiary/aromatic N) is 8. The number of anilines is 1. The minimum absolute atomic E-state index is 0.0569. The lowest BCUT2D eigenvalue weighted by molar-refractivity contribution is -0.384. The number of rotatable bonds is 5. The van der Waals surface area contributed by atoms with Crippen LogP contribution in [0.3, 0.4) is 0 Å². The Morgan fingerprint density at radius 1 is 1.09 bits per heavy atom. The Morgan fingerprint density at radius 3 is 2.71 bits per heavy atom. The first-order chi connectivity index (χ1) is 16.5. The summed E-state index contributed by atoms with van der Waals surface area (Å²) < 4.78 is 0. The second-order valence-electron chi connectivity index (χ2n) is 7.81. The molecule has 2 aromatic heterocycles. The van der Waals surface area contributed by atoms with Gasteiger partial charge in [-0.2, -0.15) is 4.80 Å². The van der Waals surface area contributed by atoms with Crippen LogP contribution in [-0.4, -0.2) is 67.1 Å². The minimum atomic E-state index is -0.485. The number of halogens is 1. The van der Waals surface area contributed by atoms with Gasteiger partial charge in [0.2, 0.25) is 11.7 Å². The Morgan fingerprint density at radius 2 is 1.91 bits per heavy atom. The minimum Gasteiger partial charge on any atom is -0.367 e. The van der Waals surface area contributed by atoms with Crippen molar-refractivity contribution < 1.29 is 9.72 Å². The van der Waals surface area contributed by atoms with Crippen LogP contribution in [0.5, 0.6) is 0 Å². The van der Waals surface area contributed by atoms with Gasteiger partial charge >= 0.3 is 0 Å². The third-order valence-electron chi connectivity index (χ3n) is 5.70. The van der Waals surface area contributed by atoms with Crippen LogP contribution in [0.1, 0.15) is 0 Å². The largest absolute Gasteiger partial charge is 0.367 e. The fourth-order valence-corrected chi connectivity index (χ4v) is 4.15. The van der Waals surface area contributed by atoms with Crippen molar-refractivity contribution in [3.63, 3.8) is 0 Å². The van der Waals surface area contributed by atoms with Crippen LogP contribution in [0.2, 0.25) is 5.02 Å². The molecule has 12 heteroatoms. The van der Waals surface area contributed by atoms with E-state index in [-0.39, 0.29) is 24.0 Å². The van der Waals surface area contributed by atoms with Gasteiger partial charge in [-0.1, -0.05) is 23.7 Å². The molecule has 0 bridgehead atoms. The topological polar surface area (TPSA) is 123 Å². The highest BCUT2D eigenvalue weighted by Crippen LogP contribution is 2.28. The van der Waals surface area contributed by atoms with E-state index in [1.165, 1.54) is 16.9 Å². The molecule has 4 aromatic rings. The first-order valence-corrected chi connectivity index (χ1v) is 11.0. The van der Waals surface area contributed by atoms with Crippen molar-refractivity contribution in [2.75, 3.05) is 31.1 Å². The van der Waals surface area contributed by atoms with Crippen molar-refractivity contribution in [3.05, 3.63) is 69.9 Å². The normalized spacial score (nSPS) is 13.9. The summed E-state index contributed by atoms with van der Waals surface area (Å²) in [4.78, 5) is 32.9. The first kappa shape index (κ1) is 21.7. The molecule has 1 fully saturated rings. The molecule has 0 radical (unpaired) electrons. The number of aromatic nitrogens is 5. The van der Waals surface area contributed by atoms with Gasteiger partial charge in [0, 0.05) is 66.2 Å². The van der Waals surface area contributed by atoms with E-state index in [9.17, 15) is 14.9 Å². The molecule has 11 nitrogen and oxygen atoms in total. The van der Waals surface area contributed by atoms with E-state index >= 15 is 0 Å². The Labute approximate surface area is 198 Å². The number of carbonyl (C=O) groups is 1. The highest BCUT2D eigenvalue weighted by molar-refractivity contribution is 6.31. The molecule has 0 saturated carbocycles. The van der Waals surface area contributed by atoms with Gasteiger partial charge < -0.3 is 9.80 Å². The second-order valence-corrected chi connectivity index (χ2v) is 8.25. The molecule has 2 aromatic carbocycles. The highest BCUT2D eigenvalue weighted by atomic mass is 35.5. The van der Waals surface area contributed by atoms with Crippen LogP contribution in [0.4, 0.5) is 11.4 Å². The highest BCUT2D eigenvalue weighted by Gasteiger charge is 2.23. The summed E-state index contributed by atoms with van der Waals surface area (Å²) >= 11 is 6.09. The Balaban J connectivity index is 1.23. The van der Waals surface area contributed by atoms with E-state index in [1.54, 1.807) is 23.2 Å². The number of non-ortho nitro benzene ring substituents is 1. The molecule has 0 N–H and O–H groups in total. The van der Waals surface area contributed by atoms with Crippen LogP contribution < -0.4 is 4.90 Å². The zero-order chi connectivity index (χ0) is 23.7. The Kier molecular flexibility index (Phi) is 5.76. The van der Waals surface area contributed by atoms with Crippen LogP contribution in [0.25, 0.3) is 22.3 Å². The van der Waals surface area contributed by atoms with Crippen LogP contribution in [0, 0.1) is 10.1 Å². The Hall–Kier alpha value is -4.12. The fourth-order valence-electron chi connectivity index (χ4n) is 3.98. The molecule has 5 rings (SSSR count). The molecule has 3 heterocycles. The summed E-state index contributed by atoms with van der Waals surface area (Å²) in [5.74, 6) is 0.111. The van der Waals surface area contributed by atoms with Crippen LogP contribution in [0.15, 0.2) is 54.7 Å². The molecule has 172 valence electrons. The Bertz CT molecular complexity index is 1380. The van der Waals surface area contributed by atoms with E-state index in [4.69, 9.17) is 11.6 Å². The van der Waals surface area contributed by atoms with Crippen LogP contribution in [-0.2, 0) is 11.3 Å². The summed E-state index contributed by atoms with van der Waals surface area (Å²) in [5.41, 5.74) is 2.30. The van der Waals surface area contributed by atoms with Gasteiger partial charge in [-0.3, -0.25) is 19.9 Å². The maximum absolute atomic E-state index is 12.8. The number of nitro groups is 1. The number of hydrogen-bond donors (Lipinski definition) is 0. The number of tetrazole rings is 1. The number of piperazine rings is 1. The summed E-state index contributed by atoms with van der Waals surface area (Å²) in [5, 5.41) is 24.7. The van der Waals surface area contributed by atoms with E-state index in [1.807, 2.05) is 24.3 Å². The lowest BCUT2D eigenvalue weighted by atomic mass is 10.1. The van der Waals surface area contributed by atoms with E-state index in [2.05, 4.69) is 25.3 Å². The molecule has 1 amide bonds. The SMILES string of the molecule is O=C(Cn1nnc(-c2cccc([N+](=O)[O-])c2)n1)N1CCN(c2ccnc3cc(Cl)ccc23)CC1. The summed E-state index contributed by atoms with van der Waals surface area (Å²) in [6.45, 7) is 2.42. The molecule has 1 aliphatic heterocycles. The zero-order valence-electron chi connectivity index (χ0n) is 17.9. The third-order valence-corrected chi connectivity index (χ3v) is 5.93. The molecule has 0 unspecified atom stereocenters. The average molecular weight is 479 g/mol. The molecule has 0 atom stereocenters. The number of fused-ring (bicyclic) bond motifs is 1. The molecule has 0 spiro atoms. The number of amides is 1. The van der Waals surface area contributed by atoms with Crippen molar-refractivity contribution in [2.24, 2.45) is 0 Å². The maximum atomic E-state index is 12.8. The third kappa shape index (κ3) is 4.37. The van der Waals surface area contributed by atoms with Crippen molar-refractivity contribution in [2.45, 2.75) is 6.54 Å². The first-order valence-electron chi connectivity index (χ1n) is 10.6.